The molecular formula is C14H18ClN5O. The molecule has 3 rings (SSSR count). The van der Waals surface area contributed by atoms with Gasteiger partial charge in [0, 0.05) is 26.3 Å². The molecule has 0 saturated carbocycles. The predicted molar refractivity (Wildman–Crippen MR) is 80.8 cm³/mol. The van der Waals surface area contributed by atoms with E-state index >= 15 is 0 Å². The molecule has 21 heavy (non-hydrogen) atoms. The molecule has 1 aliphatic rings. The van der Waals surface area contributed by atoms with Crippen LogP contribution in [-0.2, 0) is 13.5 Å². The van der Waals surface area contributed by atoms with Gasteiger partial charge in [0.25, 0.3) is 0 Å². The monoisotopic (exact) mass is 307 g/mol. The molecule has 0 radical (unpaired) electrons. The van der Waals surface area contributed by atoms with Gasteiger partial charge in [0.05, 0.1) is 19.5 Å². The lowest BCUT2D eigenvalue weighted by molar-refractivity contribution is 0.380. The second-order valence-corrected chi connectivity index (χ2v) is 5.76. The molecule has 0 spiro atoms. The van der Waals surface area contributed by atoms with Crippen molar-refractivity contribution in [1.29, 1.82) is 0 Å². The van der Waals surface area contributed by atoms with E-state index in [1.807, 2.05) is 17.9 Å². The third-order valence-corrected chi connectivity index (χ3v) is 4.02. The van der Waals surface area contributed by atoms with Gasteiger partial charge in [-0.15, -0.1) is 0 Å². The molecule has 0 bridgehead atoms. The Morgan fingerprint density at radius 2 is 2.29 bits per heavy atom. The van der Waals surface area contributed by atoms with E-state index in [4.69, 9.17) is 16.3 Å². The first kappa shape index (κ1) is 14.1. The zero-order valence-electron chi connectivity index (χ0n) is 12.2. The van der Waals surface area contributed by atoms with Gasteiger partial charge in [-0.2, -0.15) is 10.1 Å². The van der Waals surface area contributed by atoms with E-state index in [-0.39, 0.29) is 0 Å². The van der Waals surface area contributed by atoms with Crippen LogP contribution in [0.5, 0.6) is 6.01 Å². The van der Waals surface area contributed by atoms with Crippen molar-refractivity contribution >= 4 is 17.4 Å². The summed E-state index contributed by atoms with van der Waals surface area (Å²) < 4.78 is 6.92. The highest BCUT2D eigenvalue weighted by atomic mass is 35.5. The molecule has 1 saturated heterocycles. The lowest BCUT2D eigenvalue weighted by atomic mass is 10.0. The Morgan fingerprint density at radius 3 is 3.00 bits per heavy atom. The highest BCUT2D eigenvalue weighted by molar-refractivity contribution is 6.32. The van der Waals surface area contributed by atoms with Crippen LogP contribution in [0, 0.1) is 5.92 Å². The molecule has 0 N–H and O–H groups in total. The van der Waals surface area contributed by atoms with Gasteiger partial charge < -0.3 is 9.64 Å². The predicted octanol–water partition coefficient (Wildman–Crippen LogP) is 1.94. The summed E-state index contributed by atoms with van der Waals surface area (Å²) in [6.45, 7) is 1.89. The quantitative estimate of drug-likeness (QED) is 0.864. The summed E-state index contributed by atoms with van der Waals surface area (Å²) in [7, 11) is 3.50. The van der Waals surface area contributed by atoms with Crippen LogP contribution >= 0.6 is 11.6 Å². The van der Waals surface area contributed by atoms with E-state index in [1.54, 1.807) is 13.3 Å². The van der Waals surface area contributed by atoms with Crippen molar-refractivity contribution in [3.8, 4) is 6.01 Å². The minimum atomic E-state index is 0.352. The average molecular weight is 308 g/mol. The Hall–Kier alpha value is -1.82. The van der Waals surface area contributed by atoms with Gasteiger partial charge in [-0.25, -0.2) is 4.98 Å². The van der Waals surface area contributed by atoms with Gasteiger partial charge >= 0.3 is 6.01 Å². The van der Waals surface area contributed by atoms with E-state index in [0.717, 1.165) is 31.7 Å². The average Bonchev–Trinajstić information content (AvgIpc) is 3.09. The van der Waals surface area contributed by atoms with E-state index in [2.05, 4.69) is 26.2 Å². The first-order chi connectivity index (χ1) is 10.2. The SMILES string of the molecule is COc1ncc(Cl)c(N2CC[C@H](Cc3cnn(C)c3)C2)n1. The zero-order valence-corrected chi connectivity index (χ0v) is 12.9. The highest BCUT2D eigenvalue weighted by Crippen LogP contribution is 2.30. The van der Waals surface area contributed by atoms with Crippen LogP contribution in [0.4, 0.5) is 5.82 Å². The van der Waals surface area contributed by atoms with E-state index in [9.17, 15) is 0 Å². The topological polar surface area (TPSA) is 56.1 Å². The first-order valence-electron chi connectivity index (χ1n) is 6.94. The maximum Gasteiger partial charge on any atom is 0.318 e. The number of aromatic nitrogens is 4. The Morgan fingerprint density at radius 1 is 1.43 bits per heavy atom. The molecule has 1 fully saturated rings. The maximum atomic E-state index is 6.21. The molecule has 7 heteroatoms. The number of aryl methyl sites for hydroxylation is 1. The normalized spacial score (nSPS) is 18.2. The Kier molecular flexibility index (Phi) is 3.96. The summed E-state index contributed by atoms with van der Waals surface area (Å²) in [6.07, 6.45) is 7.76. The van der Waals surface area contributed by atoms with Crippen molar-refractivity contribution in [2.24, 2.45) is 13.0 Å². The molecule has 0 aromatic carbocycles. The molecule has 1 atom stereocenters. The van der Waals surface area contributed by atoms with E-state index < -0.39 is 0 Å². The van der Waals surface area contributed by atoms with Crippen LogP contribution in [-0.4, -0.2) is 39.9 Å². The summed E-state index contributed by atoms with van der Waals surface area (Å²) in [5, 5.41) is 4.78. The van der Waals surface area contributed by atoms with Gasteiger partial charge in [-0.05, 0) is 24.3 Å². The Balaban J connectivity index is 1.69. The smallest absolute Gasteiger partial charge is 0.318 e. The molecule has 0 aliphatic carbocycles. The van der Waals surface area contributed by atoms with Gasteiger partial charge in [-0.3, -0.25) is 4.68 Å². The van der Waals surface area contributed by atoms with E-state index in [1.165, 1.54) is 5.56 Å². The first-order valence-corrected chi connectivity index (χ1v) is 7.32. The maximum absolute atomic E-state index is 6.21. The number of nitrogens with zero attached hydrogens (tertiary/aromatic N) is 5. The number of anilines is 1. The third kappa shape index (κ3) is 3.10. The molecule has 6 nitrogen and oxygen atoms in total. The number of methoxy groups -OCH3 is 1. The lowest BCUT2D eigenvalue weighted by Gasteiger charge is -2.18. The second kappa shape index (κ2) is 5.89. The fourth-order valence-electron chi connectivity index (χ4n) is 2.76. The molecular weight excluding hydrogens is 290 g/mol. The summed E-state index contributed by atoms with van der Waals surface area (Å²) in [6, 6.07) is 0.352. The standard InChI is InChI=1S/C14H18ClN5O/c1-19-8-11(6-17-19)5-10-3-4-20(9-10)13-12(15)7-16-14(18-13)21-2/h6-8,10H,3-5,9H2,1-2H3/t10-/m1/s1. The van der Waals surface area contributed by atoms with Crippen molar-refractivity contribution in [3.05, 3.63) is 29.2 Å². The summed E-state index contributed by atoms with van der Waals surface area (Å²) in [4.78, 5) is 10.6. The fraction of sp³-hybridized carbons (Fsp3) is 0.500. The minimum absolute atomic E-state index is 0.352. The van der Waals surface area contributed by atoms with Crippen molar-refractivity contribution in [3.63, 3.8) is 0 Å². The van der Waals surface area contributed by atoms with Gasteiger partial charge in [0.1, 0.15) is 5.02 Å². The Labute approximate surface area is 128 Å². The third-order valence-electron chi connectivity index (χ3n) is 3.75. The number of hydrogen-bond donors (Lipinski definition) is 0. The van der Waals surface area contributed by atoms with Gasteiger partial charge in [0.15, 0.2) is 5.82 Å². The van der Waals surface area contributed by atoms with Crippen LogP contribution < -0.4 is 9.64 Å². The molecule has 1 aliphatic heterocycles. The Bertz CT molecular complexity index is 630. The number of halogens is 1. The fourth-order valence-corrected chi connectivity index (χ4v) is 2.98. The summed E-state index contributed by atoms with van der Waals surface area (Å²) in [5.74, 6) is 1.35. The van der Waals surface area contributed by atoms with Crippen LogP contribution in [0.3, 0.4) is 0 Å². The molecule has 112 valence electrons. The van der Waals surface area contributed by atoms with Crippen LogP contribution in [0.2, 0.25) is 5.02 Å². The lowest BCUT2D eigenvalue weighted by Crippen LogP contribution is -2.22. The molecule has 2 aromatic heterocycles. The van der Waals surface area contributed by atoms with Crippen molar-refractivity contribution in [2.45, 2.75) is 12.8 Å². The molecule has 3 heterocycles. The summed E-state index contributed by atoms with van der Waals surface area (Å²) >= 11 is 6.21. The van der Waals surface area contributed by atoms with Crippen molar-refractivity contribution in [1.82, 2.24) is 19.7 Å². The van der Waals surface area contributed by atoms with Crippen LogP contribution in [0.15, 0.2) is 18.6 Å². The van der Waals surface area contributed by atoms with Gasteiger partial charge in [0.2, 0.25) is 0 Å². The zero-order chi connectivity index (χ0) is 14.8. The van der Waals surface area contributed by atoms with E-state index in [0.29, 0.717) is 17.0 Å². The number of rotatable bonds is 4. The van der Waals surface area contributed by atoms with Crippen LogP contribution in [0.1, 0.15) is 12.0 Å². The molecule has 0 unspecified atom stereocenters. The molecule has 2 aromatic rings. The highest BCUT2D eigenvalue weighted by Gasteiger charge is 2.26. The van der Waals surface area contributed by atoms with Crippen LogP contribution in [0.25, 0.3) is 0 Å². The van der Waals surface area contributed by atoms with Crippen molar-refractivity contribution in [2.75, 3.05) is 25.1 Å². The summed E-state index contributed by atoms with van der Waals surface area (Å²) in [5.41, 5.74) is 1.27. The minimum Gasteiger partial charge on any atom is -0.467 e. The number of ether oxygens (including phenoxy) is 1. The van der Waals surface area contributed by atoms with Gasteiger partial charge in [-0.1, -0.05) is 11.6 Å². The largest absolute Gasteiger partial charge is 0.467 e. The molecule has 0 amide bonds. The number of hydrogen-bond acceptors (Lipinski definition) is 5. The van der Waals surface area contributed by atoms with Crippen molar-refractivity contribution < 1.29 is 4.74 Å². The second-order valence-electron chi connectivity index (χ2n) is 5.36.